The molecule has 0 aromatic carbocycles. The lowest BCUT2D eigenvalue weighted by atomic mass is 10.2. The number of hydrogen-bond acceptors (Lipinski definition) is 4. The summed E-state index contributed by atoms with van der Waals surface area (Å²) in [5.74, 6) is -0.820. The summed E-state index contributed by atoms with van der Waals surface area (Å²) in [7, 11) is 0. The standard InChI is InChI=1S/C14H12N4O2.ClH/c1-2-18(14(20)12-5-9-16-10-6-12)17-13(19)11-3-7-15-8-4-11;/h2-10H,1H2,(H,17,19);1H. The van der Waals surface area contributed by atoms with E-state index in [4.69, 9.17) is 0 Å². The Labute approximate surface area is 127 Å². The number of hydrazine groups is 1. The fourth-order valence-electron chi connectivity index (χ4n) is 1.49. The maximum atomic E-state index is 12.1. The Kier molecular flexibility index (Phi) is 6.03. The van der Waals surface area contributed by atoms with Gasteiger partial charge in [0.2, 0.25) is 0 Å². The zero-order valence-corrected chi connectivity index (χ0v) is 11.8. The third-order valence-electron chi connectivity index (χ3n) is 2.49. The van der Waals surface area contributed by atoms with Crippen LogP contribution in [0.4, 0.5) is 0 Å². The molecule has 0 saturated carbocycles. The number of nitrogens with one attached hydrogen (secondary N) is 1. The van der Waals surface area contributed by atoms with Crippen molar-refractivity contribution in [1.82, 2.24) is 20.4 Å². The van der Waals surface area contributed by atoms with E-state index in [1.165, 1.54) is 31.0 Å². The monoisotopic (exact) mass is 304 g/mol. The SMILES string of the molecule is C=CN(NC(=O)c1ccncc1)C(=O)c1ccncc1.Cl. The summed E-state index contributed by atoms with van der Waals surface area (Å²) >= 11 is 0. The van der Waals surface area contributed by atoms with Crippen LogP contribution >= 0.6 is 12.4 Å². The van der Waals surface area contributed by atoms with Crippen molar-refractivity contribution in [2.75, 3.05) is 0 Å². The molecule has 2 amide bonds. The first-order chi connectivity index (χ1) is 9.72. The second-order valence-corrected chi connectivity index (χ2v) is 3.77. The average Bonchev–Trinajstić information content (AvgIpc) is 2.53. The second-order valence-electron chi connectivity index (χ2n) is 3.77. The van der Waals surface area contributed by atoms with E-state index in [1.807, 2.05) is 0 Å². The first kappa shape index (κ1) is 16.3. The maximum absolute atomic E-state index is 12.1. The smallest absolute Gasteiger partial charge is 0.267 e. The van der Waals surface area contributed by atoms with Crippen molar-refractivity contribution in [1.29, 1.82) is 0 Å². The number of carbonyl (C=O) groups excluding carboxylic acids is 2. The lowest BCUT2D eigenvalue weighted by Gasteiger charge is -2.18. The van der Waals surface area contributed by atoms with Gasteiger partial charge < -0.3 is 0 Å². The normalized spacial score (nSPS) is 9.14. The van der Waals surface area contributed by atoms with Gasteiger partial charge in [-0.1, -0.05) is 6.58 Å². The number of pyridine rings is 2. The first-order valence-corrected chi connectivity index (χ1v) is 5.79. The second kappa shape index (κ2) is 7.76. The predicted octanol–water partition coefficient (Wildman–Crippen LogP) is 1.83. The summed E-state index contributed by atoms with van der Waals surface area (Å²) in [6, 6.07) is 6.20. The predicted molar refractivity (Wildman–Crippen MR) is 79.6 cm³/mol. The van der Waals surface area contributed by atoms with E-state index in [-0.39, 0.29) is 12.4 Å². The van der Waals surface area contributed by atoms with Crippen molar-refractivity contribution < 1.29 is 9.59 Å². The highest BCUT2D eigenvalue weighted by atomic mass is 35.5. The minimum atomic E-state index is -0.422. The van der Waals surface area contributed by atoms with Gasteiger partial charge in [-0.3, -0.25) is 25.0 Å². The van der Waals surface area contributed by atoms with Gasteiger partial charge in [0.15, 0.2) is 0 Å². The number of aromatic nitrogens is 2. The van der Waals surface area contributed by atoms with Gasteiger partial charge in [-0.25, -0.2) is 5.01 Å². The van der Waals surface area contributed by atoms with E-state index in [9.17, 15) is 9.59 Å². The van der Waals surface area contributed by atoms with Crippen LogP contribution in [0.2, 0.25) is 0 Å². The minimum Gasteiger partial charge on any atom is -0.267 e. The van der Waals surface area contributed by atoms with Gasteiger partial charge in [0.05, 0.1) is 0 Å². The molecule has 108 valence electrons. The zero-order chi connectivity index (χ0) is 14.4. The number of amides is 2. The Morgan fingerprint density at radius 2 is 1.48 bits per heavy atom. The van der Waals surface area contributed by atoms with Crippen LogP contribution < -0.4 is 5.43 Å². The molecule has 21 heavy (non-hydrogen) atoms. The fourth-order valence-corrected chi connectivity index (χ4v) is 1.49. The Hall–Kier alpha value is -2.73. The summed E-state index contributed by atoms with van der Waals surface area (Å²) < 4.78 is 0. The molecule has 2 rings (SSSR count). The van der Waals surface area contributed by atoms with Crippen LogP contribution in [0.1, 0.15) is 20.7 Å². The van der Waals surface area contributed by atoms with Gasteiger partial charge in [-0.2, -0.15) is 0 Å². The van der Waals surface area contributed by atoms with Crippen LogP contribution in [-0.2, 0) is 0 Å². The van der Waals surface area contributed by atoms with Crippen molar-refractivity contribution in [3.63, 3.8) is 0 Å². The van der Waals surface area contributed by atoms with E-state index >= 15 is 0 Å². The average molecular weight is 305 g/mol. The highest BCUT2D eigenvalue weighted by molar-refractivity contribution is 5.99. The molecule has 0 bridgehead atoms. The fraction of sp³-hybridized carbons (Fsp3) is 0. The Morgan fingerprint density at radius 1 is 1.00 bits per heavy atom. The van der Waals surface area contributed by atoms with Crippen molar-refractivity contribution in [3.05, 3.63) is 73.0 Å². The van der Waals surface area contributed by atoms with Crippen molar-refractivity contribution in [2.24, 2.45) is 0 Å². The summed E-state index contributed by atoms with van der Waals surface area (Å²) in [5, 5.41) is 1.03. The van der Waals surface area contributed by atoms with Crippen molar-refractivity contribution in [2.45, 2.75) is 0 Å². The minimum absolute atomic E-state index is 0. The van der Waals surface area contributed by atoms with E-state index in [2.05, 4.69) is 22.0 Å². The van der Waals surface area contributed by atoms with Crippen LogP contribution in [0, 0.1) is 0 Å². The summed E-state index contributed by atoms with van der Waals surface area (Å²) in [6.45, 7) is 3.52. The largest absolute Gasteiger partial charge is 0.276 e. The highest BCUT2D eigenvalue weighted by Crippen LogP contribution is 2.03. The van der Waals surface area contributed by atoms with Crippen LogP contribution in [-0.4, -0.2) is 26.8 Å². The Balaban J connectivity index is 0.00000220. The topological polar surface area (TPSA) is 75.2 Å². The molecule has 0 aliphatic rings. The van der Waals surface area contributed by atoms with E-state index in [0.717, 1.165) is 5.01 Å². The molecule has 2 heterocycles. The lowest BCUT2D eigenvalue weighted by Crippen LogP contribution is -2.42. The molecule has 2 aromatic heterocycles. The molecule has 0 saturated heterocycles. The Bertz CT molecular complexity index is 619. The molecular weight excluding hydrogens is 292 g/mol. The van der Waals surface area contributed by atoms with Crippen molar-refractivity contribution in [3.8, 4) is 0 Å². The molecule has 0 unspecified atom stereocenters. The molecule has 1 N–H and O–H groups in total. The van der Waals surface area contributed by atoms with Crippen LogP contribution in [0.25, 0.3) is 0 Å². The van der Waals surface area contributed by atoms with Gasteiger partial charge in [-0.15, -0.1) is 12.4 Å². The van der Waals surface area contributed by atoms with Gasteiger partial charge in [0, 0.05) is 42.1 Å². The van der Waals surface area contributed by atoms with Crippen LogP contribution in [0.3, 0.4) is 0 Å². The van der Waals surface area contributed by atoms with Gasteiger partial charge in [-0.05, 0) is 24.3 Å². The molecule has 0 fully saturated rings. The third kappa shape index (κ3) is 4.12. The molecule has 0 atom stereocenters. The zero-order valence-electron chi connectivity index (χ0n) is 11.0. The lowest BCUT2D eigenvalue weighted by molar-refractivity contribution is 0.0673. The molecular formula is C14H13ClN4O2. The van der Waals surface area contributed by atoms with Gasteiger partial charge in [0.1, 0.15) is 0 Å². The van der Waals surface area contributed by atoms with E-state index in [0.29, 0.717) is 11.1 Å². The third-order valence-corrected chi connectivity index (χ3v) is 2.49. The quantitative estimate of drug-likeness (QED) is 0.878. The number of rotatable bonds is 3. The molecule has 0 aliphatic carbocycles. The number of halogens is 1. The molecule has 2 aromatic rings. The molecule has 6 nitrogen and oxygen atoms in total. The summed E-state index contributed by atoms with van der Waals surface area (Å²) in [5.41, 5.74) is 3.26. The highest BCUT2D eigenvalue weighted by Gasteiger charge is 2.16. The first-order valence-electron chi connectivity index (χ1n) is 5.79. The Morgan fingerprint density at radius 3 is 1.95 bits per heavy atom. The van der Waals surface area contributed by atoms with E-state index in [1.54, 1.807) is 24.3 Å². The van der Waals surface area contributed by atoms with E-state index < -0.39 is 11.8 Å². The number of nitrogens with zero attached hydrogens (tertiary/aromatic N) is 3. The van der Waals surface area contributed by atoms with Crippen molar-refractivity contribution >= 4 is 24.2 Å². The summed E-state index contributed by atoms with van der Waals surface area (Å²) in [6.07, 6.45) is 7.23. The molecule has 0 radical (unpaired) electrons. The molecule has 0 spiro atoms. The maximum Gasteiger partial charge on any atom is 0.276 e. The van der Waals surface area contributed by atoms with Gasteiger partial charge >= 0.3 is 0 Å². The van der Waals surface area contributed by atoms with Crippen LogP contribution in [0.15, 0.2) is 61.8 Å². The van der Waals surface area contributed by atoms with Crippen LogP contribution in [0.5, 0.6) is 0 Å². The number of hydrogen-bond donors (Lipinski definition) is 1. The summed E-state index contributed by atoms with van der Waals surface area (Å²) in [4.78, 5) is 31.8. The molecule has 0 aliphatic heterocycles. The number of carbonyl (C=O) groups is 2. The molecule has 7 heteroatoms. The van der Waals surface area contributed by atoms with Gasteiger partial charge in [0.25, 0.3) is 11.8 Å².